The number of nitrogens with one attached hydrogen (secondary N) is 3. The van der Waals surface area contributed by atoms with Gasteiger partial charge in [-0.2, -0.15) is 18.3 Å². The van der Waals surface area contributed by atoms with Crippen LogP contribution in [0, 0.1) is 18.7 Å². The molecule has 284 valence electrons. The molecule has 2 heterocycles. The summed E-state index contributed by atoms with van der Waals surface area (Å²) < 4.78 is 80.1. The second-order valence-electron chi connectivity index (χ2n) is 15.2. The first-order chi connectivity index (χ1) is 24.6. The molecule has 1 saturated carbocycles. The van der Waals surface area contributed by atoms with Gasteiger partial charge in [-0.25, -0.2) is 13.9 Å². The second-order valence-corrected chi connectivity index (χ2v) is 17.2. The first-order valence-electron chi connectivity index (χ1n) is 17.2. The van der Waals surface area contributed by atoms with Crippen LogP contribution in [0.25, 0.3) is 5.69 Å². The summed E-state index contributed by atoms with van der Waals surface area (Å²) in [5, 5.41) is 8.65. The quantitative estimate of drug-likeness (QED) is 0.103. The van der Waals surface area contributed by atoms with E-state index in [9.17, 15) is 27.3 Å². The summed E-state index contributed by atoms with van der Waals surface area (Å²) in [6, 6.07) is 14.0. The van der Waals surface area contributed by atoms with Crippen LogP contribution in [0.15, 0.2) is 66.9 Å². The molecule has 1 aliphatic carbocycles. The normalized spacial score (nSPS) is 15.4. The number of alkyl halides is 3. The van der Waals surface area contributed by atoms with E-state index in [1.807, 2.05) is 33.8 Å². The van der Waals surface area contributed by atoms with E-state index in [-0.39, 0.29) is 17.1 Å². The Balaban J connectivity index is 1.56. The Bertz CT molecular complexity index is 1970. The van der Waals surface area contributed by atoms with E-state index in [1.165, 1.54) is 30.3 Å². The molecule has 2 aromatic carbocycles. The Labute approximate surface area is 309 Å². The van der Waals surface area contributed by atoms with E-state index in [0.29, 0.717) is 29.7 Å². The summed E-state index contributed by atoms with van der Waals surface area (Å²) >= 11 is -1.61. The highest BCUT2D eigenvalue weighted by Crippen LogP contribution is 2.43. The van der Waals surface area contributed by atoms with Crippen molar-refractivity contribution in [3.05, 3.63) is 101 Å². The molecule has 1 fully saturated rings. The Morgan fingerprint density at radius 2 is 1.66 bits per heavy atom. The number of benzene rings is 2. The van der Waals surface area contributed by atoms with Crippen molar-refractivity contribution in [2.75, 3.05) is 10.6 Å². The maximum Gasteiger partial charge on any atom is 0.435 e. The number of amides is 2. The lowest BCUT2D eigenvalue weighted by Gasteiger charge is -2.39. The fourth-order valence-electron chi connectivity index (χ4n) is 5.66. The average Bonchev–Trinajstić information content (AvgIpc) is 3.76. The summed E-state index contributed by atoms with van der Waals surface area (Å²) in [6.45, 7) is 12.3. The molecule has 15 heteroatoms. The van der Waals surface area contributed by atoms with Crippen LogP contribution in [0.2, 0.25) is 0 Å². The van der Waals surface area contributed by atoms with Crippen LogP contribution >= 0.6 is 0 Å². The summed E-state index contributed by atoms with van der Waals surface area (Å²) in [7, 11) is 0. The van der Waals surface area contributed by atoms with Crippen molar-refractivity contribution in [1.82, 2.24) is 19.5 Å². The molecule has 0 aliphatic heterocycles. The van der Waals surface area contributed by atoms with Crippen molar-refractivity contribution in [2.45, 2.75) is 96.2 Å². The molecule has 0 radical (unpaired) electrons. The second kappa shape index (κ2) is 15.1. The summed E-state index contributed by atoms with van der Waals surface area (Å²) in [5.74, 6) is -1.45. The van der Waals surface area contributed by atoms with Crippen LogP contribution in [0.4, 0.5) is 33.7 Å². The van der Waals surface area contributed by atoms with Gasteiger partial charge in [-0.1, -0.05) is 25.0 Å². The third kappa shape index (κ3) is 9.95. The highest BCUT2D eigenvalue weighted by Gasteiger charge is 2.44. The Morgan fingerprint density at radius 3 is 2.28 bits per heavy atom. The van der Waals surface area contributed by atoms with Gasteiger partial charge in [0.1, 0.15) is 27.4 Å². The van der Waals surface area contributed by atoms with Gasteiger partial charge in [-0.05, 0) is 121 Å². The summed E-state index contributed by atoms with van der Waals surface area (Å²) in [6.07, 6.45) is -0.695. The lowest BCUT2D eigenvalue weighted by atomic mass is 9.79. The number of nitrogens with zero attached hydrogens (tertiary/aromatic N) is 3. The maximum atomic E-state index is 15.6. The van der Waals surface area contributed by atoms with Crippen molar-refractivity contribution in [3.63, 3.8) is 0 Å². The van der Waals surface area contributed by atoms with Gasteiger partial charge in [-0.3, -0.25) is 15.1 Å². The first-order valence-corrected chi connectivity index (χ1v) is 18.3. The topological polar surface area (TPSA) is 133 Å². The molecule has 3 N–H and O–H groups in total. The fraction of sp³-hybridized carbons (Fsp3) is 0.421. The van der Waals surface area contributed by atoms with E-state index in [2.05, 4.69) is 25.4 Å². The number of anilines is 2. The van der Waals surface area contributed by atoms with Crippen LogP contribution in [0.1, 0.15) is 100 Å². The smallest absolute Gasteiger partial charge is 0.435 e. The van der Waals surface area contributed by atoms with Crippen LogP contribution < -0.4 is 15.4 Å². The van der Waals surface area contributed by atoms with Gasteiger partial charge in [0.15, 0.2) is 5.69 Å². The molecule has 2 unspecified atom stereocenters. The highest BCUT2D eigenvalue weighted by molar-refractivity contribution is 7.90. The Hall–Kier alpha value is -4.47. The molecule has 2 aromatic heterocycles. The first kappa shape index (κ1) is 39.7. The third-order valence-electron chi connectivity index (χ3n) is 8.51. The number of hydrogen-bond donors (Lipinski definition) is 3. The van der Waals surface area contributed by atoms with Crippen molar-refractivity contribution >= 4 is 34.7 Å². The molecule has 53 heavy (non-hydrogen) atoms. The average molecular weight is 757 g/mol. The summed E-state index contributed by atoms with van der Waals surface area (Å²) in [5.41, 5.74) is -2.03. The van der Waals surface area contributed by atoms with Gasteiger partial charge in [-0.15, -0.1) is 4.72 Å². The number of aryl methyl sites for hydroxylation is 1. The lowest BCUT2D eigenvalue weighted by Crippen LogP contribution is -2.52. The predicted octanol–water partition coefficient (Wildman–Crippen LogP) is 8.82. The zero-order valence-corrected chi connectivity index (χ0v) is 31.5. The monoisotopic (exact) mass is 756 g/mol. The van der Waals surface area contributed by atoms with E-state index in [4.69, 9.17) is 4.74 Å². The van der Waals surface area contributed by atoms with Gasteiger partial charge in [0.25, 0.3) is 5.91 Å². The zero-order valence-electron chi connectivity index (χ0n) is 30.7. The number of hydrogen-bond acceptors (Lipinski definition) is 7. The van der Waals surface area contributed by atoms with Gasteiger partial charge < -0.3 is 14.6 Å². The largest absolute Gasteiger partial charge is 0.598 e. The molecule has 2 atom stereocenters. The van der Waals surface area contributed by atoms with Gasteiger partial charge in [0.05, 0.1) is 11.4 Å². The molecule has 5 rings (SSSR count). The molecule has 4 aromatic rings. The van der Waals surface area contributed by atoms with Crippen LogP contribution in [0.3, 0.4) is 0 Å². The SMILES string of the molecule is Cc1cc(C(CCC2CC2)(N[S+]([O-])C(C)(C)C)c2ccc(F)c(NC(=O)c3cc(C(F)(F)F)nn3-c3cccc(NC(=O)OC(C)(C)C)c3)c2)ccn1. The molecular formula is C38H44F4N6O4S. The van der Waals surface area contributed by atoms with Gasteiger partial charge >= 0.3 is 12.3 Å². The standard InChI is InChI=1S/C38H44F4N6O4S/c1-23-19-26(16-18-43-23)37(17-15-24-11-12-24,47-53(51)36(5,6)7)25-13-14-29(39)30(20-25)45-33(49)31-22-32(38(40,41)42)46-48(31)28-10-8-9-27(21-28)44-34(50)52-35(2,3)4/h8-10,13-14,16,18-22,24,47H,11-12,15,17H2,1-7H3,(H,44,50)(H,45,49). The van der Waals surface area contributed by atoms with E-state index >= 15 is 4.39 Å². The molecule has 10 nitrogen and oxygen atoms in total. The zero-order chi connectivity index (χ0) is 38.9. The van der Waals surface area contributed by atoms with Gasteiger partial charge in [0, 0.05) is 35.0 Å². The van der Waals surface area contributed by atoms with Crippen molar-refractivity contribution in [1.29, 1.82) is 0 Å². The Kier molecular flexibility index (Phi) is 11.3. The van der Waals surface area contributed by atoms with E-state index in [1.54, 1.807) is 39.1 Å². The number of rotatable bonds is 11. The number of halogens is 4. The molecular weight excluding hydrogens is 713 g/mol. The number of ether oxygens (including phenoxy) is 1. The molecule has 0 saturated heterocycles. The molecule has 1 aliphatic rings. The minimum Gasteiger partial charge on any atom is -0.598 e. The minimum atomic E-state index is -4.92. The highest BCUT2D eigenvalue weighted by atomic mass is 32.2. The summed E-state index contributed by atoms with van der Waals surface area (Å²) in [4.78, 5) is 30.6. The third-order valence-corrected chi connectivity index (χ3v) is 10.2. The van der Waals surface area contributed by atoms with Crippen LogP contribution in [-0.2, 0) is 27.8 Å². The van der Waals surface area contributed by atoms with Crippen LogP contribution in [0.5, 0.6) is 0 Å². The number of carbonyl (C=O) groups excluding carboxylic acids is 2. The maximum absolute atomic E-state index is 15.6. The number of pyridine rings is 1. The van der Waals surface area contributed by atoms with Crippen molar-refractivity contribution in [2.24, 2.45) is 5.92 Å². The molecule has 2 amide bonds. The van der Waals surface area contributed by atoms with Crippen LogP contribution in [-0.4, -0.2) is 41.7 Å². The molecule has 0 spiro atoms. The van der Waals surface area contributed by atoms with E-state index in [0.717, 1.165) is 35.6 Å². The fourth-order valence-corrected chi connectivity index (χ4v) is 6.62. The number of aromatic nitrogens is 3. The van der Waals surface area contributed by atoms with E-state index < -0.39 is 62.6 Å². The van der Waals surface area contributed by atoms with Gasteiger partial charge in [0.2, 0.25) is 0 Å². The van der Waals surface area contributed by atoms with Crippen molar-refractivity contribution in [3.8, 4) is 5.69 Å². The Morgan fingerprint density at radius 1 is 0.962 bits per heavy atom. The van der Waals surface area contributed by atoms with Crippen molar-refractivity contribution < 1.29 is 36.4 Å². The minimum absolute atomic E-state index is 0.00874. The molecule has 0 bridgehead atoms. The lowest BCUT2D eigenvalue weighted by molar-refractivity contribution is -0.141. The predicted molar refractivity (Wildman–Crippen MR) is 196 cm³/mol. The number of carbonyl (C=O) groups is 2.